The molecule has 0 spiro atoms. The number of anilines is 1. The normalized spacial score (nSPS) is 18.3. The molecule has 2 saturated heterocycles. The zero-order valence-corrected chi connectivity index (χ0v) is 21.8. The van der Waals surface area contributed by atoms with Gasteiger partial charge in [-0.05, 0) is 61.6 Å². The van der Waals surface area contributed by atoms with E-state index in [0.717, 1.165) is 20.2 Å². The molecule has 3 heterocycles. The second kappa shape index (κ2) is 10.0. The summed E-state index contributed by atoms with van der Waals surface area (Å²) in [6.07, 6.45) is 3.02. The molecule has 7 nitrogen and oxygen atoms in total. The Morgan fingerprint density at radius 2 is 1.71 bits per heavy atom. The van der Waals surface area contributed by atoms with E-state index in [1.165, 1.54) is 27.8 Å². The SMILES string of the molecule is CSc1ccc(S(=O)(=O)N2CCC(C(=O)N3CCN(c4nc5ccc(F)cc5s4)CC3)CC2)cc1. The first-order chi connectivity index (χ1) is 16.8. The Labute approximate surface area is 213 Å². The number of thiazole rings is 1. The smallest absolute Gasteiger partial charge is 0.243 e. The molecule has 186 valence electrons. The van der Waals surface area contributed by atoms with Crippen molar-refractivity contribution >= 4 is 54.4 Å². The third-order valence-electron chi connectivity index (χ3n) is 6.70. The zero-order valence-electron chi connectivity index (χ0n) is 19.4. The van der Waals surface area contributed by atoms with Gasteiger partial charge in [0.2, 0.25) is 15.9 Å². The fraction of sp³-hybridized carbons (Fsp3) is 0.417. The van der Waals surface area contributed by atoms with Gasteiger partial charge in [-0.3, -0.25) is 4.79 Å². The first kappa shape index (κ1) is 24.5. The number of piperidine rings is 1. The lowest BCUT2D eigenvalue weighted by Crippen LogP contribution is -2.52. The molecule has 0 aliphatic carbocycles. The number of hydrogen-bond donors (Lipinski definition) is 0. The molecule has 2 fully saturated rings. The fourth-order valence-electron chi connectivity index (χ4n) is 4.64. The van der Waals surface area contributed by atoms with Crippen LogP contribution in [0.1, 0.15) is 12.8 Å². The highest BCUT2D eigenvalue weighted by molar-refractivity contribution is 7.98. The molecule has 1 amide bonds. The number of halogens is 1. The van der Waals surface area contributed by atoms with Crippen molar-refractivity contribution in [2.45, 2.75) is 22.6 Å². The molecule has 0 unspecified atom stereocenters. The van der Waals surface area contributed by atoms with E-state index in [0.29, 0.717) is 57.0 Å². The largest absolute Gasteiger partial charge is 0.345 e. The number of benzene rings is 2. The molecular weight excluding hydrogens is 507 g/mol. The third kappa shape index (κ3) is 5.04. The van der Waals surface area contributed by atoms with Gasteiger partial charge in [-0.25, -0.2) is 17.8 Å². The topological polar surface area (TPSA) is 73.8 Å². The Hall–Kier alpha value is -2.21. The van der Waals surface area contributed by atoms with Crippen LogP contribution in [0.4, 0.5) is 9.52 Å². The Kier molecular flexibility index (Phi) is 7.02. The van der Waals surface area contributed by atoms with E-state index < -0.39 is 10.0 Å². The summed E-state index contributed by atoms with van der Waals surface area (Å²) in [5.41, 5.74) is 0.784. The van der Waals surface area contributed by atoms with Gasteiger partial charge in [0.25, 0.3) is 0 Å². The second-order valence-electron chi connectivity index (χ2n) is 8.77. The van der Waals surface area contributed by atoms with Gasteiger partial charge < -0.3 is 9.80 Å². The molecule has 0 bridgehead atoms. The van der Waals surface area contributed by atoms with E-state index in [1.807, 2.05) is 23.3 Å². The molecule has 2 aliphatic heterocycles. The van der Waals surface area contributed by atoms with Crippen LogP contribution in [-0.4, -0.2) is 74.0 Å². The lowest BCUT2D eigenvalue weighted by molar-refractivity contribution is -0.137. The van der Waals surface area contributed by atoms with Gasteiger partial charge in [-0.2, -0.15) is 4.31 Å². The molecule has 5 rings (SSSR count). The minimum Gasteiger partial charge on any atom is -0.345 e. The highest BCUT2D eigenvalue weighted by Gasteiger charge is 2.35. The van der Waals surface area contributed by atoms with Crippen LogP contribution in [0, 0.1) is 11.7 Å². The van der Waals surface area contributed by atoms with Crippen molar-refractivity contribution in [2.24, 2.45) is 5.92 Å². The maximum Gasteiger partial charge on any atom is 0.243 e. The predicted octanol–water partition coefficient (Wildman–Crippen LogP) is 3.91. The first-order valence-electron chi connectivity index (χ1n) is 11.6. The Balaban J connectivity index is 1.15. The van der Waals surface area contributed by atoms with Crippen LogP contribution in [0.3, 0.4) is 0 Å². The Morgan fingerprint density at radius 1 is 1.03 bits per heavy atom. The molecule has 2 aliphatic rings. The molecule has 1 aromatic heterocycles. The molecule has 0 radical (unpaired) electrons. The number of nitrogens with zero attached hydrogens (tertiary/aromatic N) is 4. The van der Waals surface area contributed by atoms with Crippen molar-refractivity contribution in [1.82, 2.24) is 14.2 Å². The number of thioether (sulfide) groups is 1. The number of piperazine rings is 1. The molecule has 3 aromatic rings. The summed E-state index contributed by atoms with van der Waals surface area (Å²) in [5, 5.41) is 0.849. The summed E-state index contributed by atoms with van der Waals surface area (Å²) < 4.78 is 41.8. The maximum absolute atomic E-state index is 13.5. The third-order valence-corrected chi connectivity index (χ3v) is 10.4. The summed E-state index contributed by atoms with van der Waals surface area (Å²) in [6.45, 7) is 3.25. The quantitative estimate of drug-likeness (QED) is 0.462. The van der Waals surface area contributed by atoms with Gasteiger partial charge in [-0.1, -0.05) is 11.3 Å². The van der Waals surface area contributed by atoms with E-state index in [2.05, 4.69) is 9.88 Å². The number of carbonyl (C=O) groups is 1. The predicted molar refractivity (Wildman–Crippen MR) is 138 cm³/mol. The average molecular weight is 535 g/mol. The molecular formula is C24H27FN4O3S3. The van der Waals surface area contributed by atoms with Gasteiger partial charge in [0.05, 0.1) is 15.1 Å². The van der Waals surface area contributed by atoms with Gasteiger partial charge in [-0.15, -0.1) is 11.8 Å². The van der Waals surface area contributed by atoms with Crippen LogP contribution < -0.4 is 4.90 Å². The van der Waals surface area contributed by atoms with E-state index in [9.17, 15) is 17.6 Å². The summed E-state index contributed by atoms with van der Waals surface area (Å²) in [7, 11) is -3.55. The number of amides is 1. The van der Waals surface area contributed by atoms with Crippen molar-refractivity contribution < 1.29 is 17.6 Å². The molecule has 0 atom stereocenters. The van der Waals surface area contributed by atoms with Crippen LogP contribution >= 0.6 is 23.1 Å². The van der Waals surface area contributed by atoms with Gasteiger partial charge in [0.1, 0.15) is 5.82 Å². The van der Waals surface area contributed by atoms with E-state index in [4.69, 9.17) is 0 Å². The van der Waals surface area contributed by atoms with Crippen LogP contribution in [0.15, 0.2) is 52.3 Å². The Morgan fingerprint density at radius 3 is 2.37 bits per heavy atom. The summed E-state index contributed by atoms with van der Waals surface area (Å²) in [6, 6.07) is 11.6. The molecule has 35 heavy (non-hydrogen) atoms. The van der Waals surface area contributed by atoms with E-state index >= 15 is 0 Å². The molecule has 0 N–H and O–H groups in total. The van der Waals surface area contributed by atoms with Crippen LogP contribution in [0.5, 0.6) is 0 Å². The number of carbonyl (C=O) groups excluding carboxylic acids is 1. The standard InChI is InChI=1S/C24H27FN4O3S3/c1-33-19-3-5-20(6-4-19)35(31,32)29-10-8-17(9-11-29)23(30)27-12-14-28(15-13-27)24-26-21-7-2-18(25)16-22(21)34-24/h2-7,16-17H,8-15H2,1H3. The van der Waals surface area contributed by atoms with Gasteiger partial charge in [0, 0.05) is 50.1 Å². The molecule has 0 saturated carbocycles. The number of sulfonamides is 1. The minimum absolute atomic E-state index is 0.109. The average Bonchev–Trinajstić information content (AvgIpc) is 3.32. The summed E-state index contributed by atoms with van der Waals surface area (Å²) >= 11 is 3.04. The minimum atomic E-state index is -3.55. The van der Waals surface area contributed by atoms with Crippen molar-refractivity contribution in [3.05, 3.63) is 48.3 Å². The highest BCUT2D eigenvalue weighted by atomic mass is 32.2. The van der Waals surface area contributed by atoms with E-state index in [-0.39, 0.29) is 17.6 Å². The summed E-state index contributed by atoms with van der Waals surface area (Å²) in [4.78, 5) is 23.1. The van der Waals surface area contributed by atoms with Crippen molar-refractivity contribution in [1.29, 1.82) is 0 Å². The molecule has 11 heteroatoms. The monoisotopic (exact) mass is 534 g/mol. The number of rotatable bonds is 5. The van der Waals surface area contributed by atoms with Crippen molar-refractivity contribution in [2.75, 3.05) is 50.4 Å². The number of fused-ring (bicyclic) bond motifs is 1. The first-order valence-corrected chi connectivity index (χ1v) is 15.1. The summed E-state index contributed by atoms with van der Waals surface area (Å²) in [5.74, 6) is -0.315. The van der Waals surface area contributed by atoms with Crippen molar-refractivity contribution in [3.8, 4) is 0 Å². The highest BCUT2D eigenvalue weighted by Crippen LogP contribution is 2.31. The second-order valence-corrected chi connectivity index (χ2v) is 12.6. The lowest BCUT2D eigenvalue weighted by Gasteiger charge is -2.38. The van der Waals surface area contributed by atoms with Crippen LogP contribution in [-0.2, 0) is 14.8 Å². The zero-order chi connectivity index (χ0) is 24.6. The van der Waals surface area contributed by atoms with Gasteiger partial charge in [0.15, 0.2) is 5.13 Å². The van der Waals surface area contributed by atoms with Gasteiger partial charge >= 0.3 is 0 Å². The number of hydrogen-bond acceptors (Lipinski definition) is 7. The fourth-order valence-corrected chi connectivity index (χ4v) is 7.56. The maximum atomic E-state index is 13.5. The van der Waals surface area contributed by atoms with Crippen molar-refractivity contribution in [3.63, 3.8) is 0 Å². The lowest BCUT2D eigenvalue weighted by atomic mass is 9.96. The van der Waals surface area contributed by atoms with Crippen LogP contribution in [0.2, 0.25) is 0 Å². The Bertz CT molecular complexity index is 1310. The number of aromatic nitrogens is 1. The van der Waals surface area contributed by atoms with E-state index in [1.54, 1.807) is 30.0 Å². The molecule has 2 aromatic carbocycles. The van der Waals surface area contributed by atoms with Crippen LogP contribution in [0.25, 0.3) is 10.2 Å².